The molecule has 0 N–H and O–H groups in total. The number of rotatable bonds is 6. The number of carbonyl (C=O) groups is 1. The van der Waals surface area contributed by atoms with Gasteiger partial charge in [-0.25, -0.2) is 4.39 Å². The van der Waals surface area contributed by atoms with Crippen molar-refractivity contribution in [2.24, 2.45) is 0 Å². The topological polar surface area (TPSA) is 33.5 Å². The summed E-state index contributed by atoms with van der Waals surface area (Å²) in [5, 5.41) is 0. The van der Waals surface area contributed by atoms with E-state index in [0.29, 0.717) is 19.5 Å². The molecule has 1 aromatic heterocycles. The van der Waals surface area contributed by atoms with Crippen LogP contribution in [0.4, 0.5) is 4.39 Å². The highest BCUT2D eigenvalue weighted by Gasteiger charge is 2.10. The third-order valence-corrected chi connectivity index (χ3v) is 3.17. The summed E-state index contributed by atoms with van der Waals surface area (Å²) in [5.41, 5.74) is 1.92. The van der Waals surface area contributed by atoms with E-state index < -0.39 is 0 Å². The summed E-state index contributed by atoms with van der Waals surface area (Å²) in [6.07, 6.45) is 1.98. The van der Waals surface area contributed by atoms with Gasteiger partial charge >= 0.3 is 0 Å². The van der Waals surface area contributed by atoms with Crippen molar-refractivity contribution in [1.29, 1.82) is 0 Å². The van der Waals surface area contributed by atoms with Crippen molar-refractivity contribution in [2.75, 3.05) is 13.6 Å². The lowest BCUT2D eigenvalue weighted by atomic mass is 10.1. The van der Waals surface area contributed by atoms with E-state index in [1.807, 2.05) is 24.9 Å². The number of furan rings is 1. The normalized spacial score (nSPS) is 11.0. The smallest absolute Gasteiger partial charge is 0.151 e. The van der Waals surface area contributed by atoms with Gasteiger partial charge in [0.1, 0.15) is 11.6 Å². The summed E-state index contributed by atoms with van der Waals surface area (Å²) in [7, 11) is 1.90. The number of hydrogen-bond donors (Lipinski definition) is 0. The van der Waals surface area contributed by atoms with E-state index >= 15 is 0 Å². The maximum Gasteiger partial charge on any atom is 0.151 e. The zero-order valence-corrected chi connectivity index (χ0v) is 11.7. The molecule has 20 heavy (non-hydrogen) atoms. The molecule has 3 nitrogen and oxygen atoms in total. The van der Waals surface area contributed by atoms with Crippen molar-refractivity contribution in [3.8, 4) is 0 Å². The number of carbonyl (C=O) groups excluding carboxylic acids is 1. The number of aryl methyl sites for hydroxylation is 1. The summed E-state index contributed by atoms with van der Waals surface area (Å²) in [6, 6.07) is 7.96. The van der Waals surface area contributed by atoms with Crippen LogP contribution in [-0.4, -0.2) is 24.3 Å². The molecule has 0 aliphatic carbocycles. The number of hydrogen-bond acceptors (Lipinski definition) is 3. The predicted molar refractivity (Wildman–Crippen MR) is 74.9 cm³/mol. The number of ketones is 1. The highest BCUT2D eigenvalue weighted by Crippen LogP contribution is 2.11. The van der Waals surface area contributed by atoms with Crippen LogP contribution in [0.5, 0.6) is 0 Å². The van der Waals surface area contributed by atoms with Crippen LogP contribution in [0.1, 0.15) is 16.9 Å². The van der Waals surface area contributed by atoms with E-state index in [0.717, 1.165) is 16.9 Å². The molecule has 0 atom stereocenters. The lowest BCUT2D eigenvalue weighted by molar-refractivity contribution is -0.119. The van der Waals surface area contributed by atoms with Crippen molar-refractivity contribution < 1.29 is 13.6 Å². The molecule has 0 unspecified atom stereocenters. The van der Waals surface area contributed by atoms with E-state index in [4.69, 9.17) is 4.42 Å². The van der Waals surface area contributed by atoms with Gasteiger partial charge in [0.15, 0.2) is 5.78 Å². The Labute approximate surface area is 118 Å². The van der Waals surface area contributed by atoms with E-state index in [-0.39, 0.29) is 11.6 Å². The molecular weight excluding hydrogens is 257 g/mol. The summed E-state index contributed by atoms with van der Waals surface area (Å²) in [6.45, 7) is 2.95. The molecule has 0 spiro atoms. The van der Waals surface area contributed by atoms with Crippen molar-refractivity contribution in [1.82, 2.24) is 4.90 Å². The molecule has 2 aromatic rings. The molecular formula is C16H18FNO2. The Morgan fingerprint density at radius 1 is 1.25 bits per heavy atom. The summed E-state index contributed by atoms with van der Waals surface area (Å²) in [4.78, 5) is 13.9. The Hall–Kier alpha value is -1.94. The first kappa shape index (κ1) is 14.5. The van der Waals surface area contributed by atoms with E-state index in [2.05, 4.69) is 0 Å². The SMILES string of the molecule is Cc1occc1CN(C)CC(=O)Cc1ccc(F)cc1. The third-order valence-electron chi connectivity index (χ3n) is 3.17. The quantitative estimate of drug-likeness (QED) is 0.812. The van der Waals surface area contributed by atoms with Crippen LogP contribution in [0.2, 0.25) is 0 Å². The average Bonchev–Trinajstić information content (AvgIpc) is 2.77. The van der Waals surface area contributed by atoms with Gasteiger partial charge in [-0.15, -0.1) is 0 Å². The number of benzene rings is 1. The van der Waals surface area contributed by atoms with Crippen LogP contribution in [0, 0.1) is 12.7 Å². The summed E-state index contributed by atoms with van der Waals surface area (Å²) in [5.74, 6) is 0.705. The average molecular weight is 275 g/mol. The third kappa shape index (κ3) is 4.03. The first-order chi connectivity index (χ1) is 9.54. The van der Waals surface area contributed by atoms with E-state index in [1.54, 1.807) is 18.4 Å². The molecule has 0 radical (unpaired) electrons. The van der Waals surface area contributed by atoms with Gasteiger partial charge in [0.25, 0.3) is 0 Å². The first-order valence-corrected chi connectivity index (χ1v) is 6.52. The van der Waals surface area contributed by atoms with Crippen molar-refractivity contribution >= 4 is 5.78 Å². The molecule has 4 heteroatoms. The highest BCUT2D eigenvalue weighted by atomic mass is 19.1. The van der Waals surface area contributed by atoms with Gasteiger partial charge < -0.3 is 4.42 Å². The lowest BCUT2D eigenvalue weighted by Crippen LogP contribution is -2.26. The molecule has 106 valence electrons. The van der Waals surface area contributed by atoms with Crippen LogP contribution in [-0.2, 0) is 17.8 Å². The standard InChI is InChI=1S/C16H18FNO2/c1-12-14(7-8-20-12)10-18(2)11-16(19)9-13-3-5-15(17)6-4-13/h3-8H,9-11H2,1-2H3. The molecule has 1 aromatic carbocycles. The number of halogens is 1. The van der Waals surface area contributed by atoms with Crippen LogP contribution in [0.25, 0.3) is 0 Å². The first-order valence-electron chi connectivity index (χ1n) is 6.52. The minimum Gasteiger partial charge on any atom is -0.469 e. The van der Waals surface area contributed by atoms with Gasteiger partial charge in [-0.05, 0) is 37.7 Å². The Kier molecular flexibility index (Phi) is 4.69. The van der Waals surface area contributed by atoms with E-state index in [1.165, 1.54) is 12.1 Å². The lowest BCUT2D eigenvalue weighted by Gasteiger charge is -2.15. The summed E-state index contributed by atoms with van der Waals surface area (Å²) < 4.78 is 18.0. The van der Waals surface area contributed by atoms with Gasteiger partial charge in [-0.2, -0.15) is 0 Å². The van der Waals surface area contributed by atoms with Crippen molar-refractivity contribution in [3.63, 3.8) is 0 Å². The molecule has 1 heterocycles. The molecule has 0 aliphatic rings. The number of likely N-dealkylation sites (N-methyl/N-ethyl adjacent to an activating group) is 1. The van der Waals surface area contributed by atoms with Gasteiger partial charge in [0, 0.05) is 18.5 Å². The van der Waals surface area contributed by atoms with E-state index in [9.17, 15) is 9.18 Å². The van der Waals surface area contributed by atoms with Gasteiger partial charge in [-0.3, -0.25) is 9.69 Å². The van der Waals surface area contributed by atoms with Crippen molar-refractivity contribution in [3.05, 3.63) is 59.3 Å². The molecule has 0 amide bonds. The predicted octanol–water partition coefficient (Wildman–Crippen LogP) is 2.97. The van der Waals surface area contributed by atoms with Gasteiger partial charge in [0.2, 0.25) is 0 Å². The molecule has 0 saturated carbocycles. The monoisotopic (exact) mass is 275 g/mol. The fourth-order valence-corrected chi connectivity index (χ4v) is 2.11. The molecule has 0 aliphatic heterocycles. The Morgan fingerprint density at radius 3 is 2.55 bits per heavy atom. The van der Waals surface area contributed by atoms with Crippen LogP contribution < -0.4 is 0 Å². The summed E-state index contributed by atoms with van der Waals surface area (Å²) >= 11 is 0. The second-order valence-electron chi connectivity index (χ2n) is 5.02. The zero-order chi connectivity index (χ0) is 14.5. The number of Topliss-reactive ketones (excluding diaryl/α,β-unsaturated/α-hetero) is 1. The van der Waals surface area contributed by atoms with Crippen LogP contribution in [0.3, 0.4) is 0 Å². The Bertz CT molecular complexity index is 574. The second-order valence-corrected chi connectivity index (χ2v) is 5.02. The molecule has 0 bridgehead atoms. The molecule has 0 fully saturated rings. The fourth-order valence-electron chi connectivity index (χ4n) is 2.11. The highest BCUT2D eigenvalue weighted by molar-refractivity contribution is 5.82. The van der Waals surface area contributed by atoms with Crippen molar-refractivity contribution in [2.45, 2.75) is 19.9 Å². The Balaban J connectivity index is 1.85. The fraction of sp³-hybridized carbons (Fsp3) is 0.312. The Morgan fingerprint density at radius 2 is 1.95 bits per heavy atom. The van der Waals surface area contributed by atoms with Gasteiger partial charge in [0.05, 0.1) is 12.8 Å². The molecule has 0 saturated heterocycles. The maximum atomic E-state index is 12.8. The van der Waals surface area contributed by atoms with Gasteiger partial charge in [-0.1, -0.05) is 12.1 Å². The zero-order valence-electron chi connectivity index (χ0n) is 11.7. The second kappa shape index (κ2) is 6.48. The maximum absolute atomic E-state index is 12.8. The largest absolute Gasteiger partial charge is 0.469 e. The van der Waals surface area contributed by atoms with Crippen LogP contribution >= 0.6 is 0 Å². The minimum absolute atomic E-state index is 0.111. The minimum atomic E-state index is -0.284. The number of nitrogens with zero attached hydrogens (tertiary/aromatic N) is 1. The van der Waals surface area contributed by atoms with Crippen LogP contribution in [0.15, 0.2) is 41.0 Å². The molecule has 2 rings (SSSR count).